The molecule has 2 N–H and O–H groups in total. The van der Waals surface area contributed by atoms with Crippen molar-refractivity contribution < 1.29 is 24.2 Å². The molecule has 1 unspecified atom stereocenters. The highest BCUT2D eigenvalue weighted by atomic mass is 16.6. The van der Waals surface area contributed by atoms with Crippen LogP contribution in [0.4, 0.5) is 0 Å². The van der Waals surface area contributed by atoms with Gasteiger partial charge >= 0.3 is 5.97 Å². The highest BCUT2D eigenvalue weighted by Gasteiger charge is 2.40. The molecule has 0 fully saturated rings. The zero-order chi connectivity index (χ0) is 21.1. The van der Waals surface area contributed by atoms with Crippen molar-refractivity contribution in [2.75, 3.05) is 19.8 Å². The molecule has 1 heterocycles. The van der Waals surface area contributed by atoms with Gasteiger partial charge in [0.15, 0.2) is 11.5 Å². The number of carbonyl (C=O) groups is 2. The maximum atomic E-state index is 13.1. The van der Waals surface area contributed by atoms with E-state index in [0.29, 0.717) is 36.7 Å². The molecule has 0 radical (unpaired) electrons. The van der Waals surface area contributed by atoms with E-state index in [1.807, 2.05) is 51.1 Å². The lowest BCUT2D eigenvalue weighted by atomic mass is 9.77. The Balaban J connectivity index is 1.81. The monoisotopic (exact) mass is 397 g/mol. The molecule has 6 heteroatoms. The maximum Gasteiger partial charge on any atom is 0.315 e. The van der Waals surface area contributed by atoms with E-state index in [-0.39, 0.29) is 12.5 Å². The van der Waals surface area contributed by atoms with Gasteiger partial charge in [0.2, 0.25) is 5.91 Å². The van der Waals surface area contributed by atoms with Crippen LogP contribution < -0.4 is 14.8 Å². The van der Waals surface area contributed by atoms with Crippen LogP contribution in [0.25, 0.3) is 0 Å². The minimum atomic E-state index is -1.18. The lowest BCUT2D eigenvalue weighted by Crippen LogP contribution is -2.50. The Morgan fingerprint density at radius 3 is 2.28 bits per heavy atom. The minimum absolute atomic E-state index is 0.00959. The van der Waals surface area contributed by atoms with E-state index in [0.717, 1.165) is 5.56 Å². The second kappa shape index (κ2) is 8.15. The van der Waals surface area contributed by atoms with Gasteiger partial charge in [-0.3, -0.25) is 9.59 Å². The van der Waals surface area contributed by atoms with Crippen molar-refractivity contribution in [1.82, 2.24) is 5.32 Å². The number of rotatable bonds is 7. The van der Waals surface area contributed by atoms with E-state index in [4.69, 9.17) is 9.47 Å². The summed E-state index contributed by atoms with van der Waals surface area (Å²) in [5.41, 5.74) is -0.603. The molecular formula is C23H27NO5. The summed E-state index contributed by atoms with van der Waals surface area (Å²) in [5, 5.41) is 12.8. The Bertz CT molecular complexity index is 893. The number of benzene rings is 2. The normalized spacial score (nSPS) is 15.3. The first kappa shape index (κ1) is 20.7. The first-order valence-corrected chi connectivity index (χ1v) is 9.78. The van der Waals surface area contributed by atoms with Gasteiger partial charge in [0.05, 0.1) is 5.41 Å². The minimum Gasteiger partial charge on any atom is -0.486 e. The molecule has 1 atom stereocenters. The second-order valence-electron chi connectivity index (χ2n) is 7.77. The van der Waals surface area contributed by atoms with Crippen molar-refractivity contribution in [3.05, 3.63) is 59.7 Å². The molecule has 0 aliphatic carbocycles. The summed E-state index contributed by atoms with van der Waals surface area (Å²) in [6, 6.07) is 14.5. The van der Waals surface area contributed by atoms with Crippen LogP contribution in [0.15, 0.2) is 48.5 Å². The third-order valence-corrected chi connectivity index (χ3v) is 5.72. The Labute approximate surface area is 170 Å². The Hall–Kier alpha value is -3.02. The molecule has 2 aromatic carbocycles. The number of amides is 1. The van der Waals surface area contributed by atoms with Crippen molar-refractivity contribution in [2.45, 2.75) is 38.0 Å². The standard InChI is InChI=1S/C23H27NO5/c1-4-23(21(26)27,16-8-6-5-7-9-16)15-24-20(25)22(2,3)17-10-11-18-19(14-17)29-13-12-28-18/h5-11,14H,4,12-13,15H2,1-3H3,(H,24,25)(H,26,27). The summed E-state index contributed by atoms with van der Waals surface area (Å²) < 4.78 is 11.2. The first-order valence-electron chi connectivity index (χ1n) is 9.78. The number of fused-ring (bicyclic) bond motifs is 1. The van der Waals surface area contributed by atoms with E-state index in [2.05, 4.69) is 5.32 Å². The number of ether oxygens (including phenoxy) is 2. The molecular weight excluding hydrogens is 370 g/mol. The van der Waals surface area contributed by atoms with Crippen LogP contribution >= 0.6 is 0 Å². The summed E-state index contributed by atoms with van der Waals surface area (Å²) >= 11 is 0. The van der Waals surface area contributed by atoms with Crippen LogP contribution in [-0.2, 0) is 20.4 Å². The quantitative estimate of drug-likeness (QED) is 0.749. The van der Waals surface area contributed by atoms with Gasteiger partial charge in [-0.05, 0) is 43.5 Å². The summed E-state index contributed by atoms with van der Waals surface area (Å²) in [7, 11) is 0. The second-order valence-corrected chi connectivity index (χ2v) is 7.77. The van der Waals surface area contributed by atoms with Crippen LogP contribution in [0.1, 0.15) is 38.3 Å². The Morgan fingerprint density at radius 2 is 1.66 bits per heavy atom. The van der Waals surface area contributed by atoms with Gasteiger partial charge < -0.3 is 19.9 Å². The Morgan fingerprint density at radius 1 is 1.00 bits per heavy atom. The lowest BCUT2D eigenvalue weighted by Gasteiger charge is -2.32. The largest absolute Gasteiger partial charge is 0.486 e. The van der Waals surface area contributed by atoms with Gasteiger partial charge in [-0.2, -0.15) is 0 Å². The van der Waals surface area contributed by atoms with E-state index >= 15 is 0 Å². The highest BCUT2D eigenvalue weighted by Crippen LogP contribution is 2.35. The Kier molecular flexibility index (Phi) is 5.82. The van der Waals surface area contributed by atoms with Crippen molar-refractivity contribution in [3.8, 4) is 11.5 Å². The van der Waals surface area contributed by atoms with Crippen molar-refractivity contribution in [1.29, 1.82) is 0 Å². The number of hydrogen-bond acceptors (Lipinski definition) is 4. The fraction of sp³-hybridized carbons (Fsp3) is 0.391. The van der Waals surface area contributed by atoms with E-state index in [1.165, 1.54) is 0 Å². The molecule has 0 spiro atoms. The molecule has 3 rings (SSSR count). The van der Waals surface area contributed by atoms with Gasteiger partial charge in [-0.15, -0.1) is 0 Å². The SMILES string of the molecule is CCC(CNC(=O)C(C)(C)c1ccc2c(c1)OCCO2)(C(=O)O)c1ccccc1. The average Bonchev–Trinajstić information content (AvgIpc) is 2.74. The predicted molar refractivity (Wildman–Crippen MR) is 110 cm³/mol. The number of carboxylic acid groups (broad SMARTS) is 1. The van der Waals surface area contributed by atoms with Crippen LogP contribution in [0, 0.1) is 0 Å². The lowest BCUT2D eigenvalue weighted by molar-refractivity contribution is -0.144. The number of carbonyl (C=O) groups excluding carboxylic acids is 1. The fourth-order valence-electron chi connectivity index (χ4n) is 3.55. The third kappa shape index (κ3) is 3.92. The highest BCUT2D eigenvalue weighted by molar-refractivity contribution is 5.89. The van der Waals surface area contributed by atoms with Crippen LogP contribution in [0.5, 0.6) is 11.5 Å². The number of hydrogen-bond donors (Lipinski definition) is 2. The third-order valence-electron chi connectivity index (χ3n) is 5.72. The summed E-state index contributed by atoms with van der Waals surface area (Å²) in [5.74, 6) is 0.0799. The first-order chi connectivity index (χ1) is 13.8. The zero-order valence-corrected chi connectivity index (χ0v) is 17.0. The fourth-order valence-corrected chi connectivity index (χ4v) is 3.55. The van der Waals surface area contributed by atoms with Crippen LogP contribution in [-0.4, -0.2) is 36.7 Å². The molecule has 2 aromatic rings. The van der Waals surface area contributed by atoms with Crippen molar-refractivity contribution in [2.24, 2.45) is 0 Å². The van der Waals surface area contributed by atoms with Crippen molar-refractivity contribution in [3.63, 3.8) is 0 Å². The zero-order valence-electron chi connectivity index (χ0n) is 17.0. The van der Waals surface area contributed by atoms with E-state index in [1.54, 1.807) is 18.2 Å². The molecule has 154 valence electrons. The molecule has 0 saturated carbocycles. The van der Waals surface area contributed by atoms with Gasteiger partial charge in [0, 0.05) is 6.54 Å². The van der Waals surface area contributed by atoms with Gasteiger partial charge in [-0.25, -0.2) is 0 Å². The molecule has 0 saturated heterocycles. The van der Waals surface area contributed by atoms with E-state index < -0.39 is 16.8 Å². The summed E-state index contributed by atoms with van der Waals surface area (Å²) in [6.07, 6.45) is 0.358. The molecule has 1 amide bonds. The number of nitrogens with one attached hydrogen (secondary N) is 1. The van der Waals surface area contributed by atoms with Gasteiger partial charge in [-0.1, -0.05) is 43.3 Å². The number of aliphatic carboxylic acids is 1. The summed E-state index contributed by atoms with van der Waals surface area (Å²) in [6.45, 7) is 6.42. The number of carboxylic acids is 1. The topological polar surface area (TPSA) is 84.9 Å². The molecule has 29 heavy (non-hydrogen) atoms. The molecule has 1 aliphatic heterocycles. The predicted octanol–water partition coefficient (Wildman–Crippen LogP) is 3.28. The van der Waals surface area contributed by atoms with Gasteiger partial charge in [0.1, 0.15) is 18.6 Å². The van der Waals surface area contributed by atoms with Crippen LogP contribution in [0.3, 0.4) is 0 Å². The van der Waals surface area contributed by atoms with Crippen molar-refractivity contribution >= 4 is 11.9 Å². The van der Waals surface area contributed by atoms with Crippen LogP contribution in [0.2, 0.25) is 0 Å². The molecule has 0 bridgehead atoms. The molecule has 0 aromatic heterocycles. The summed E-state index contributed by atoms with van der Waals surface area (Å²) in [4.78, 5) is 25.2. The smallest absolute Gasteiger partial charge is 0.315 e. The van der Waals surface area contributed by atoms with Gasteiger partial charge in [0.25, 0.3) is 0 Å². The molecule has 1 aliphatic rings. The average molecular weight is 397 g/mol. The molecule has 6 nitrogen and oxygen atoms in total. The maximum absolute atomic E-state index is 13.1. The van der Waals surface area contributed by atoms with E-state index in [9.17, 15) is 14.7 Å².